The van der Waals surface area contributed by atoms with Crippen LogP contribution >= 0.6 is 15.9 Å². The lowest BCUT2D eigenvalue weighted by atomic mass is 9.86. The van der Waals surface area contributed by atoms with Gasteiger partial charge < -0.3 is 5.32 Å². The van der Waals surface area contributed by atoms with Crippen LogP contribution in [0.4, 0.5) is 5.69 Å². The standard InChI is InChI=1S/C25H30BrN3O3/c1-25(2,3)20-14-11-18(15-21(20)26)24(32)29-28-23(31)17-9-12-19(13-10-17)27-22(30)16-7-5-4-6-8-16/h9-16H,4-8H2,1-3H3,(H,27,30)(H,28,31)(H,29,32). The summed E-state index contributed by atoms with van der Waals surface area (Å²) in [4.78, 5) is 37.2. The molecule has 0 aliphatic heterocycles. The first-order valence-electron chi connectivity index (χ1n) is 11.0. The first-order valence-corrected chi connectivity index (χ1v) is 11.8. The van der Waals surface area contributed by atoms with Crippen molar-refractivity contribution in [3.05, 3.63) is 63.6 Å². The fourth-order valence-corrected chi connectivity index (χ4v) is 4.81. The van der Waals surface area contributed by atoms with Gasteiger partial charge in [0.2, 0.25) is 5.91 Å². The van der Waals surface area contributed by atoms with Gasteiger partial charge in [-0.1, -0.05) is 62.0 Å². The second kappa shape index (κ2) is 10.3. The van der Waals surface area contributed by atoms with E-state index in [1.54, 1.807) is 36.4 Å². The van der Waals surface area contributed by atoms with Gasteiger partial charge in [-0.05, 0) is 60.2 Å². The molecule has 3 amide bonds. The van der Waals surface area contributed by atoms with E-state index in [0.717, 1.165) is 35.7 Å². The Bertz CT molecular complexity index is 990. The summed E-state index contributed by atoms with van der Waals surface area (Å²) in [5.41, 5.74) is 7.39. The van der Waals surface area contributed by atoms with Crippen molar-refractivity contribution in [2.75, 3.05) is 5.32 Å². The number of hydrazine groups is 1. The molecule has 6 nitrogen and oxygen atoms in total. The number of carbonyl (C=O) groups excluding carboxylic acids is 3. The van der Waals surface area contributed by atoms with Crippen LogP contribution in [0.3, 0.4) is 0 Å². The minimum atomic E-state index is -0.436. The highest BCUT2D eigenvalue weighted by Gasteiger charge is 2.21. The molecule has 2 aromatic carbocycles. The molecule has 0 atom stereocenters. The number of carbonyl (C=O) groups is 3. The summed E-state index contributed by atoms with van der Waals surface area (Å²) in [7, 11) is 0. The van der Waals surface area contributed by atoms with Crippen LogP contribution in [0.2, 0.25) is 0 Å². The summed E-state index contributed by atoms with van der Waals surface area (Å²) in [6, 6.07) is 12.0. The monoisotopic (exact) mass is 499 g/mol. The minimum absolute atomic E-state index is 0.0396. The van der Waals surface area contributed by atoms with Gasteiger partial charge in [0.15, 0.2) is 0 Å². The highest BCUT2D eigenvalue weighted by molar-refractivity contribution is 9.10. The molecule has 2 aromatic rings. The quantitative estimate of drug-likeness (QED) is 0.496. The lowest BCUT2D eigenvalue weighted by molar-refractivity contribution is -0.120. The van der Waals surface area contributed by atoms with Crippen molar-refractivity contribution in [2.24, 2.45) is 5.92 Å². The summed E-state index contributed by atoms with van der Waals surface area (Å²) in [6.45, 7) is 6.29. The average molecular weight is 500 g/mol. The number of hydrogen-bond donors (Lipinski definition) is 3. The van der Waals surface area contributed by atoms with Gasteiger partial charge >= 0.3 is 0 Å². The van der Waals surface area contributed by atoms with Crippen LogP contribution in [0.1, 0.15) is 79.2 Å². The van der Waals surface area contributed by atoms with Crippen molar-refractivity contribution in [3.63, 3.8) is 0 Å². The maximum atomic E-state index is 12.4. The Labute approximate surface area is 197 Å². The molecule has 0 saturated heterocycles. The molecule has 32 heavy (non-hydrogen) atoms. The number of halogens is 1. The summed E-state index contributed by atoms with van der Waals surface area (Å²) in [6.07, 6.45) is 5.26. The molecule has 0 radical (unpaired) electrons. The van der Waals surface area contributed by atoms with Crippen LogP contribution in [0.5, 0.6) is 0 Å². The molecule has 7 heteroatoms. The SMILES string of the molecule is CC(C)(C)c1ccc(C(=O)NNC(=O)c2ccc(NC(=O)C3CCCCC3)cc2)cc1Br. The predicted octanol–water partition coefficient (Wildman–Crippen LogP) is 5.34. The van der Waals surface area contributed by atoms with Crippen molar-refractivity contribution in [1.29, 1.82) is 0 Å². The molecule has 3 N–H and O–H groups in total. The minimum Gasteiger partial charge on any atom is -0.326 e. The van der Waals surface area contributed by atoms with Crippen LogP contribution in [0.15, 0.2) is 46.9 Å². The van der Waals surface area contributed by atoms with Gasteiger partial charge in [-0.3, -0.25) is 25.2 Å². The van der Waals surface area contributed by atoms with Gasteiger partial charge in [-0.25, -0.2) is 0 Å². The molecular formula is C25H30BrN3O3. The van der Waals surface area contributed by atoms with Gasteiger partial charge in [0, 0.05) is 27.2 Å². The van der Waals surface area contributed by atoms with Crippen molar-refractivity contribution < 1.29 is 14.4 Å². The summed E-state index contributed by atoms with van der Waals surface area (Å²) >= 11 is 3.52. The van der Waals surface area contributed by atoms with Crippen molar-refractivity contribution in [1.82, 2.24) is 10.9 Å². The highest BCUT2D eigenvalue weighted by Crippen LogP contribution is 2.30. The Hall–Kier alpha value is -2.67. The Morgan fingerprint density at radius 2 is 1.41 bits per heavy atom. The second-order valence-corrected chi connectivity index (χ2v) is 10.1. The van der Waals surface area contributed by atoms with E-state index in [9.17, 15) is 14.4 Å². The third-order valence-electron chi connectivity index (χ3n) is 5.72. The Morgan fingerprint density at radius 3 is 1.97 bits per heavy atom. The molecule has 3 rings (SSSR count). The molecule has 0 bridgehead atoms. The molecule has 1 saturated carbocycles. The van der Waals surface area contributed by atoms with E-state index in [1.807, 2.05) is 6.07 Å². The zero-order chi connectivity index (χ0) is 23.3. The topological polar surface area (TPSA) is 87.3 Å². The number of benzene rings is 2. The largest absolute Gasteiger partial charge is 0.326 e. The van der Waals surface area contributed by atoms with Crippen molar-refractivity contribution in [3.8, 4) is 0 Å². The molecular weight excluding hydrogens is 470 g/mol. The van der Waals surface area contributed by atoms with E-state index in [2.05, 4.69) is 52.9 Å². The van der Waals surface area contributed by atoms with Gasteiger partial charge in [0.05, 0.1) is 0 Å². The van der Waals surface area contributed by atoms with Crippen LogP contribution in [-0.4, -0.2) is 17.7 Å². The molecule has 170 valence electrons. The summed E-state index contributed by atoms with van der Waals surface area (Å²) < 4.78 is 0.842. The first-order chi connectivity index (χ1) is 15.1. The average Bonchev–Trinajstić information content (AvgIpc) is 2.77. The number of rotatable bonds is 4. The predicted molar refractivity (Wildman–Crippen MR) is 129 cm³/mol. The van der Waals surface area contributed by atoms with Crippen molar-refractivity contribution >= 4 is 39.3 Å². The van der Waals surface area contributed by atoms with Gasteiger partial charge in [0.1, 0.15) is 0 Å². The van der Waals surface area contributed by atoms with Crippen LogP contribution in [0.25, 0.3) is 0 Å². The molecule has 1 fully saturated rings. The van der Waals surface area contributed by atoms with Gasteiger partial charge in [-0.15, -0.1) is 0 Å². The second-order valence-electron chi connectivity index (χ2n) is 9.25. The lowest BCUT2D eigenvalue weighted by Crippen LogP contribution is -2.41. The summed E-state index contributed by atoms with van der Waals surface area (Å²) in [5, 5.41) is 2.92. The third kappa shape index (κ3) is 6.19. The fourth-order valence-electron chi connectivity index (χ4n) is 3.84. The maximum absolute atomic E-state index is 12.4. The van der Waals surface area contributed by atoms with E-state index >= 15 is 0 Å². The van der Waals surface area contributed by atoms with E-state index in [1.165, 1.54) is 6.42 Å². The Morgan fingerprint density at radius 1 is 0.844 bits per heavy atom. The smallest absolute Gasteiger partial charge is 0.269 e. The first kappa shape index (κ1) is 24.0. The fraction of sp³-hybridized carbons (Fsp3) is 0.400. The van der Waals surface area contributed by atoms with E-state index < -0.39 is 11.8 Å². The number of nitrogens with one attached hydrogen (secondary N) is 3. The summed E-state index contributed by atoms with van der Waals surface area (Å²) in [5.74, 6) is -0.734. The maximum Gasteiger partial charge on any atom is 0.269 e. The number of anilines is 1. The Balaban J connectivity index is 1.54. The van der Waals surface area contributed by atoms with Crippen LogP contribution in [0, 0.1) is 5.92 Å². The van der Waals surface area contributed by atoms with E-state index in [0.29, 0.717) is 16.8 Å². The molecule has 0 spiro atoms. The normalized spacial score (nSPS) is 14.5. The van der Waals surface area contributed by atoms with E-state index in [-0.39, 0.29) is 17.2 Å². The zero-order valence-electron chi connectivity index (χ0n) is 18.8. The Kier molecular flexibility index (Phi) is 7.72. The van der Waals surface area contributed by atoms with Crippen molar-refractivity contribution in [2.45, 2.75) is 58.3 Å². The molecule has 0 unspecified atom stereocenters. The highest BCUT2D eigenvalue weighted by atomic mass is 79.9. The molecule has 0 aromatic heterocycles. The zero-order valence-corrected chi connectivity index (χ0v) is 20.3. The molecule has 1 aliphatic rings. The number of hydrogen-bond acceptors (Lipinski definition) is 3. The molecule has 1 aliphatic carbocycles. The lowest BCUT2D eigenvalue weighted by Gasteiger charge is -2.21. The third-order valence-corrected chi connectivity index (χ3v) is 6.38. The molecule has 0 heterocycles. The van der Waals surface area contributed by atoms with Crippen LogP contribution in [-0.2, 0) is 10.2 Å². The van der Waals surface area contributed by atoms with E-state index in [4.69, 9.17) is 0 Å². The van der Waals surface area contributed by atoms with Crippen LogP contribution < -0.4 is 16.2 Å². The number of amides is 3. The van der Waals surface area contributed by atoms with Gasteiger partial charge in [0.25, 0.3) is 11.8 Å². The van der Waals surface area contributed by atoms with Gasteiger partial charge in [-0.2, -0.15) is 0 Å².